The van der Waals surface area contributed by atoms with Crippen LogP contribution in [-0.2, 0) is 6.42 Å². The summed E-state index contributed by atoms with van der Waals surface area (Å²) in [5, 5.41) is 8.45. The molecule has 3 heteroatoms. The molecule has 0 aliphatic heterocycles. The molecule has 0 atom stereocenters. The number of nitriles is 1. The molecule has 0 bridgehead atoms. The molecule has 0 spiro atoms. The summed E-state index contributed by atoms with van der Waals surface area (Å²) >= 11 is 0. The van der Waals surface area contributed by atoms with Crippen LogP contribution in [0.1, 0.15) is 25.6 Å². The van der Waals surface area contributed by atoms with Crippen LogP contribution in [0.25, 0.3) is 0 Å². The van der Waals surface area contributed by atoms with Crippen molar-refractivity contribution in [3.63, 3.8) is 0 Å². The average molecular weight is 149 g/mol. The molecule has 0 unspecified atom stereocenters. The maximum absolute atomic E-state index is 8.45. The Balaban J connectivity index is 2.89. The maximum Gasteiger partial charge on any atom is 0.0950 e. The summed E-state index contributed by atoms with van der Waals surface area (Å²) in [6.07, 6.45) is 3.94. The highest BCUT2D eigenvalue weighted by atomic mass is 15.1. The molecule has 0 N–H and O–H groups in total. The fourth-order valence-electron chi connectivity index (χ4n) is 1.01. The van der Waals surface area contributed by atoms with Crippen molar-refractivity contribution in [3.8, 4) is 6.07 Å². The van der Waals surface area contributed by atoms with Gasteiger partial charge in [0.15, 0.2) is 0 Å². The number of nitrogens with zero attached hydrogens (tertiary/aromatic N) is 3. The lowest BCUT2D eigenvalue weighted by Crippen LogP contribution is -2.03. The predicted molar refractivity (Wildman–Crippen MR) is 41.9 cm³/mol. The van der Waals surface area contributed by atoms with E-state index in [2.05, 4.69) is 24.9 Å². The van der Waals surface area contributed by atoms with Crippen molar-refractivity contribution in [1.82, 2.24) is 9.55 Å². The van der Waals surface area contributed by atoms with Crippen LogP contribution >= 0.6 is 0 Å². The van der Waals surface area contributed by atoms with Gasteiger partial charge in [-0.15, -0.1) is 0 Å². The van der Waals surface area contributed by atoms with Gasteiger partial charge in [0.2, 0.25) is 0 Å². The molecule has 0 amide bonds. The molecular weight excluding hydrogens is 138 g/mol. The predicted octanol–water partition coefficient (Wildman–Crippen LogP) is 1.53. The first-order chi connectivity index (χ1) is 5.25. The smallest absolute Gasteiger partial charge is 0.0950 e. The molecule has 0 radical (unpaired) electrons. The summed E-state index contributed by atoms with van der Waals surface area (Å²) < 4.78 is 2.00. The first-order valence-electron chi connectivity index (χ1n) is 3.63. The van der Waals surface area contributed by atoms with Crippen molar-refractivity contribution in [2.45, 2.75) is 26.3 Å². The molecule has 0 saturated heterocycles. The van der Waals surface area contributed by atoms with Gasteiger partial charge in [0.05, 0.1) is 24.5 Å². The first-order valence-corrected chi connectivity index (χ1v) is 3.63. The van der Waals surface area contributed by atoms with E-state index in [9.17, 15) is 0 Å². The largest absolute Gasteiger partial charge is 0.331 e. The molecule has 11 heavy (non-hydrogen) atoms. The van der Waals surface area contributed by atoms with E-state index in [0.717, 1.165) is 5.69 Å². The lowest BCUT2D eigenvalue weighted by Gasteiger charge is -2.08. The molecule has 3 nitrogen and oxygen atoms in total. The molecule has 0 aromatic carbocycles. The topological polar surface area (TPSA) is 41.6 Å². The van der Waals surface area contributed by atoms with Crippen molar-refractivity contribution in [1.29, 1.82) is 5.26 Å². The van der Waals surface area contributed by atoms with E-state index in [1.807, 2.05) is 4.57 Å². The first kappa shape index (κ1) is 7.80. The Bertz CT molecular complexity index is 267. The highest BCUT2D eigenvalue weighted by molar-refractivity contribution is 5.05. The summed E-state index contributed by atoms with van der Waals surface area (Å²) in [5.74, 6) is 0. The lowest BCUT2D eigenvalue weighted by atomic mass is 10.3. The molecule has 0 aliphatic carbocycles. The SMILES string of the molecule is CC(C)n1cncc1CC#N. The average Bonchev–Trinajstić information content (AvgIpc) is 2.36. The second kappa shape index (κ2) is 3.20. The van der Waals surface area contributed by atoms with Gasteiger partial charge in [0.1, 0.15) is 0 Å². The fourth-order valence-corrected chi connectivity index (χ4v) is 1.01. The van der Waals surface area contributed by atoms with E-state index in [1.165, 1.54) is 0 Å². The van der Waals surface area contributed by atoms with Gasteiger partial charge in [-0.2, -0.15) is 5.26 Å². The number of hydrogen-bond donors (Lipinski definition) is 0. The molecule has 1 aromatic rings. The van der Waals surface area contributed by atoms with Crippen LogP contribution in [-0.4, -0.2) is 9.55 Å². The second-order valence-electron chi connectivity index (χ2n) is 2.72. The van der Waals surface area contributed by atoms with Crippen LogP contribution in [0.2, 0.25) is 0 Å². The van der Waals surface area contributed by atoms with Gasteiger partial charge < -0.3 is 4.57 Å². The van der Waals surface area contributed by atoms with Gasteiger partial charge >= 0.3 is 0 Å². The van der Waals surface area contributed by atoms with Crippen molar-refractivity contribution in [3.05, 3.63) is 18.2 Å². The normalized spacial score (nSPS) is 10.0. The van der Waals surface area contributed by atoms with Crippen LogP contribution in [0.4, 0.5) is 0 Å². The Kier molecular flexibility index (Phi) is 2.27. The Hall–Kier alpha value is -1.30. The van der Waals surface area contributed by atoms with Crippen LogP contribution in [0.3, 0.4) is 0 Å². The number of aromatic nitrogens is 2. The summed E-state index contributed by atoms with van der Waals surface area (Å²) in [4.78, 5) is 3.97. The standard InChI is InChI=1S/C8H11N3/c1-7(2)11-6-10-5-8(11)3-4-9/h5-7H,3H2,1-2H3. The zero-order chi connectivity index (χ0) is 8.27. The Morgan fingerprint density at radius 3 is 3.00 bits per heavy atom. The summed E-state index contributed by atoms with van der Waals surface area (Å²) in [6.45, 7) is 4.14. The van der Waals surface area contributed by atoms with Crippen LogP contribution < -0.4 is 0 Å². The van der Waals surface area contributed by atoms with Crippen LogP contribution in [0.15, 0.2) is 12.5 Å². The third-order valence-electron chi connectivity index (χ3n) is 1.56. The lowest BCUT2D eigenvalue weighted by molar-refractivity contribution is 0.581. The quantitative estimate of drug-likeness (QED) is 0.639. The number of hydrogen-bond acceptors (Lipinski definition) is 2. The van der Waals surface area contributed by atoms with Gasteiger partial charge in [-0.1, -0.05) is 0 Å². The summed E-state index contributed by atoms with van der Waals surface area (Å²) in [5.41, 5.74) is 0.988. The molecule has 58 valence electrons. The number of rotatable bonds is 2. The number of imidazole rings is 1. The third-order valence-corrected chi connectivity index (χ3v) is 1.56. The minimum atomic E-state index is 0.390. The van der Waals surface area contributed by atoms with Gasteiger partial charge in [-0.3, -0.25) is 0 Å². The van der Waals surface area contributed by atoms with Crippen molar-refractivity contribution in [2.75, 3.05) is 0 Å². The van der Waals surface area contributed by atoms with Gasteiger partial charge in [0, 0.05) is 12.2 Å². The van der Waals surface area contributed by atoms with Crippen LogP contribution in [0.5, 0.6) is 0 Å². The Morgan fingerprint density at radius 2 is 2.45 bits per heavy atom. The molecule has 0 fully saturated rings. The van der Waals surface area contributed by atoms with E-state index in [4.69, 9.17) is 5.26 Å². The van der Waals surface area contributed by atoms with E-state index in [-0.39, 0.29) is 0 Å². The van der Waals surface area contributed by atoms with Crippen molar-refractivity contribution >= 4 is 0 Å². The second-order valence-corrected chi connectivity index (χ2v) is 2.72. The monoisotopic (exact) mass is 149 g/mol. The Labute approximate surface area is 66.3 Å². The van der Waals surface area contributed by atoms with Crippen LogP contribution in [0, 0.1) is 11.3 Å². The maximum atomic E-state index is 8.45. The fraction of sp³-hybridized carbons (Fsp3) is 0.500. The zero-order valence-corrected chi connectivity index (χ0v) is 6.78. The molecule has 1 heterocycles. The minimum absolute atomic E-state index is 0.390. The van der Waals surface area contributed by atoms with E-state index in [1.54, 1.807) is 12.5 Å². The zero-order valence-electron chi connectivity index (χ0n) is 6.78. The van der Waals surface area contributed by atoms with Crippen molar-refractivity contribution in [2.24, 2.45) is 0 Å². The highest BCUT2D eigenvalue weighted by Crippen LogP contribution is 2.08. The van der Waals surface area contributed by atoms with E-state index in [0.29, 0.717) is 12.5 Å². The summed E-state index contributed by atoms with van der Waals surface area (Å²) in [6, 6.07) is 2.49. The molecule has 0 saturated carbocycles. The highest BCUT2D eigenvalue weighted by Gasteiger charge is 2.03. The van der Waals surface area contributed by atoms with E-state index < -0.39 is 0 Å². The van der Waals surface area contributed by atoms with Crippen molar-refractivity contribution < 1.29 is 0 Å². The molecule has 0 aliphatic rings. The third kappa shape index (κ3) is 1.58. The minimum Gasteiger partial charge on any atom is -0.331 e. The van der Waals surface area contributed by atoms with Gasteiger partial charge in [-0.05, 0) is 13.8 Å². The summed E-state index contributed by atoms with van der Waals surface area (Å²) in [7, 11) is 0. The van der Waals surface area contributed by atoms with E-state index >= 15 is 0 Å². The molecule has 1 rings (SSSR count). The van der Waals surface area contributed by atoms with Gasteiger partial charge in [-0.25, -0.2) is 4.98 Å². The molecule has 1 aromatic heterocycles. The van der Waals surface area contributed by atoms with Gasteiger partial charge in [0.25, 0.3) is 0 Å². The molecular formula is C8H11N3. The Morgan fingerprint density at radius 1 is 1.73 bits per heavy atom.